The molecule has 0 saturated carbocycles. The predicted octanol–water partition coefficient (Wildman–Crippen LogP) is 3.95. The van der Waals surface area contributed by atoms with Gasteiger partial charge in [0, 0.05) is 5.69 Å². The Morgan fingerprint density at radius 2 is 1.64 bits per heavy atom. The van der Waals surface area contributed by atoms with Crippen molar-refractivity contribution in [1.82, 2.24) is 0 Å². The zero-order chi connectivity index (χ0) is 16.3. The molecule has 7 heteroatoms. The standard InChI is InChI=1S/C15H11Cl2NO4/c1-22-13-11(17)7-6-10(16)12(13)14(19)18-9-4-2-8(3-5-9)15(20)21/h2-7H,1H3,(H,18,19)(H,20,21). The van der Waals surface area contributed by atoms with Crippen LogP contribution in [-0.4, -0.2) is 24.1 Å². The molecule has 0 atom stereocenters. The van der Waals surface area contributed by atoms with Crippen LogP contribution in [0.2, 0.25) is 10.0 Å². The number of carboxylic acids is 1. The van der Waals surface area contributed by atoms with Crippen molar-refractivity contribution in [3.63, 3.8) is 0 Å². The fourth-order valence-corrected chi connectivity index (χ4v) is 2.30. The van der Waals surface area contributed by atoms with E-state index >= 15 is 0 Å². The van der Waals surface area contributed by atoms with Gasteiger partial charge in [0.1, 0.15) is 5.56 Å². The minimum Gasteiger partial charge on any atom is -0.494 e. The van der Waals surface area contributed by atoms with Gasteiger partial charge in [0.15, 0.2) is 5.75 Å². The fourth-order valence-electron chi connectivity index (χ4n) is 1.83. The number of methoxy groups -OCH3 is 1. The van der Waals surface area contributed by atoms with Crippen LogP contribution in [-0.2, 0) is 0 Å². The summed E-state index contributed by atoms with van der Waals surface area (Å²) < 4.78 is 5.11. The van der Waals surface area contributed by atoms with Crippen molar-refractivity contribution in [3.8, 4) is 5.75 Å². The maximum atomic E-state index is 12.3. The molecule has 2 N–H and O–H groups in total. The highest BCUT2D eigenvalue weighted by Gasteiger charge is 2.19. The van der Waals surface area contributed by atoms with Gasteiger partial charge in [-0.25, -0.2) is 4.79 Å². The molecule has 114 valence electrons. The van der Waals surface area contributed by atoms with Gasteiger partial charge < -0.3 is 15.2 Å². The van der Waals surface area contributed by atoms with Crippen molar-refractivity contribution in [3.05, 3.63) is 57.6 Å². The average Bonchev–Trinajstić information content (AvgIpc) is 2.49. The summed E-state index contributed by atoms with van der Waals surface area (Å²) in [5.41, 5.74) is 0.656. The summed E-state index contributed by atoms with van der Waals surface area (Å²) in [4.78, 5) is 23.1. The van der Waals surface area contributed by atoms with Crippen LogP contribution in [0.25, 0.3) is 0 Å². The third kappa shape index (κ3) is 3.32. The van der Waals surface area contributed by atoms with Crippen molar-refractivity contribution in [2.24, 2.45) is 0 Å². The van der Waals surface area contributed by atoms with Gasteiger partial charge in [-0.2, -0.15) is 0 Å². The maximum Gasteiger partial charge on any atom is 0.335 e. The van der Waals surface area contributed by atoms with E-state index in [1.165, 1.54) is 43.5 Å². The predicted molar refractivity (Wildman–Crippen MR) is 84.4 cm³/mol. The molecule has 0 bridgehead atoms. The van der Waals surface area contributed by atoms with Gasteiger partial charge in [0.25, 0.3) is 5.91 Å². The average molecular weight is 340 g/mol. The number of aromatic carboxylic acids is 1. The van der Waals surface area contributed by atoms with Crippen molar-refractivity contribution in [2.45, 2.75) is 0 Å². The lowest BCUT2D eigenvalue weighted by atomic mass is 10.1. The van der Waals surface area contributed by atoms with E-state index in [1.54, 1.807) is 0 Å². The van der Waals surface area contributed by atoms with E-state index in [0.717, 1.165) is 0 Å². The molecule has 0 spiro atoms. The number of anilines is 1. The summed E-state index contributed by atoms with van der Waals surface area (Å²) in [6, 6.07) is 8.75. The van der Waals surface area contributed by atoms with Crippen LogP contribution in [0.15, 0.2) is 36.4 Å². The molecule has 0 aliphatic rings. The monoisotopic (exact) mass is 339 g/mol. The summed E-state index contributed by atoms with van der Waals surface area (Å²) in [6.45, 7) is 0. The summed E-state index contributed by atoms with van der Waals surface area (Å²) >= 11 is 12.0. The first-order valence-corrected chi connectivity index (χ1v) is 6.86. The second-order valence-corrected chi connectivity index (χ2v) is 5.09. The Bertz CT molecular complexity index is 729. The number of hydrogen-bond acceptors (Lipinski definition) is 3. The van der Waals surface area contributed by atoms with Crippen molar-refractivity contribution >= 4 is 40.8 Å². The number of carboxylic acid groups (broad SMARTS) is 1. The van der Waals surface area contributed by atoms with Crippen LogP contribution in [0.3, 0.4) is 0 Å². The lowest BCUT2D eigenvalue weighted by molar-refractivity contribution is 0.0696. The van der Waals surface area contributed by atoms with Crippen molar-refractivity contribution in [2.75, 3.05) is 12.4 Å². The minimum absolute atomic E-state index is 0.110. The third-order valence-corrected chi connectivity index (χ3v) is 3.49. The number of carbonyl (C=O) groups excluding carboxylic acids is 1. The number of rotatable bonds is 4. The Kier molecular flexibility index (Phi) is 4.90. The Morgan fingerprint density at radius 3 is 2.18 bits per heavy atom. The van der Waals surface area contributed by atoms with E-state index in [9.17, 15) is 9.59 Å². The lowest BCUT2D eigenvalue weighted by Crippen LogP contribution is -2.14. The van der Waals surface area contributed by atoms with Gasteiger partial charge in [0.05, 0.1) is 22.7 Å². The molecule has 5 nitrogen and oxygen atoms in total. The molecule has 0 aromatic heterocycles. The largest absolute Gasteiger partial charge is 0.494 e. The van der Waals surface area contributed by atoms with E-state index in [-0.39, 0.29) is 26.9 Å². The van der Waals surface area contributed by atoms with E-state index in [1.807, 2.05) is 0 Å². The molecule has 0 aliphatic carbocycles. The molecule has 2 rings (SSSR count). The van der Waals surface area contributed by atoms with Gasteiger partial charge in [-0.3, -0.25) is 4.79 Å². The number of amides is 1. The van der Waals surface area contributed by atoms with Crippen molar-refractivity contribution in [1.29, 1.82) is 0 Å². The van der Waals surface area contributed by atoms with Crippen LogP contribution in [0.4, 0.5) is 5.69 Å². The Morgan fingerprint density at radius 1 is 1.05 bits per heavy atom. The molecule has 0 saturated heterocycles. The van der Waals surface area contributed by atoms with Gasteiger partial charge in [-0.15, -0.1) is 0 Å². The molecule has 0 aliphatic heterocycles. The minimum atomic E-state index is -1.04. The van der Waals surface area contributed by atoms with Crippen LogP contribution in [0.5, 0.6) is 5.75 Å². The third-order valence-electron chi connectivity index (χ3n) is 2.88. The second-order valence-electron chi connectivity index (χ2n) is 4.27. The SMILES string of the molecule is COc1c(Cl)ccc(Cl)c1C(=O)Nc1ccc(C(=O)O)cc1. The highest BCUT2D eigenvalue weighted by Crippen LogP contribution is 2.34. The molecule has 22 heavy (non-hydrogen) atoms. The van der Waals surface area contributed by atoms with Gasteiger partial charge in [-0.1, -0.05) is 23.2 Å². The Labute approximate surface area is 136 Å². The first-order valence-electron chi connectivity index (χ1n) is 6.10. The summed E-state index contributed by atoms with van der Waals surface area (Å²) in [6.07, 6.45) is 0. The number of carbonyl (C=O) groups is 2. The Balaban J connectivity index is 2.30. The lowest BCUT2D eigenvalue weighted by Gasteiger charge is -2.12. The first-order chi connectivity index (χ1) is 10.4. The van der Waals surface area contributed by atoms with E-state index in [2.05, 4.69) is 5.32 Å². The molecule has 2 aromatic carbocycles. The van der Waals surface area contributed by atoms with Gasteiger partial charge in [-0.05, 0) is 36.4 Å². The molecule has 0 heterocycles. The van der Waals surface area contributed by atoms with E-state index in [0.29, 0.717) is 5.69 Å². The highest BCUT2D eigenvalue weighted by molar-refractivity contribution is 6.37. The summed E-state index contributed by atoms with van der Waals surface area (Å²) in [5.74, 6) is -1.38. The molecule has 2 aromatic rings. The van der Waals surface area contributed by atoms with E-state index < -0.39 is 11.9 Å². The molecular formula is C15H11Cl2NO4. The van der Waals surface area contributed by atoms with Crippen molar-refractivity contribution < 1.29 is 19.4 Å². The van der Waals surface area contributed by atoms with Gasteiger partial charge in [0.2, 0.25) is 0 Å². The number of benzene rings is 2. The highest BCUT2D eigenvalue weighted by atomic mass is 35.5. The molecule has 1 amide bonds. The summed E-state index contributed by atoms with van der Waals surface area (Å²) in [5, 5.41) is 11.9. The topological polar surface area (TPSA) is 75.6 Å². The van der Waals surface area contributed by atoms with Crippen LogP contribution in [0.1, 0.15) is 20.7 Å². The first kappa shape index (κ1) is 16.1. The zero-order valence-corrected chi connectivity index (χ0v) is 12.9. The molecular weight excluding hydrogens is 329 g/mol. The van der Waals surface area contributed by atoms with Gasteiger partial charge >= 0.3 is 5.97 Å². The van der Waals surface area contributed by atoms with Crippen LogP contribution in [0, 0.1) is 0 Å². The van der Waals surface area contributed by atoms with Crippen LogP contribution < -0.4 is 10.1 Å². The number of nitrogens with one attached hydrogen (secondary N) is 1. The number of halogens is 2. The maximum absolute atomic E-state index is 12.3. The summed E-state index contributed by atoms with van der Waals surface area (Å²) in [7, 11) is 1.38. The fraction of sp³-hybridized carbons (Fsp3) is 0.0667. The zero-order valence-electron chi connectivity index (χ0n) is 11.4. The quantitative estimate of drug-likeness (QED) is 0.884. The molecule has 0 radical (unpaired) electrons. The Hall–Kier alpha value is -2.24. The van der Waals surface area contributed by atoms with Crippen LogP contribution >= 0.6 is 23.2 Å². The smallest absolute Gasteiger partial charge is 0.335 e. The number of ether oxygens (including phenoxy) is 1. The molecule has 0 fully saturated rings. The normalized spacial score (nSPS) is 10.1. The van der Waals surface area contributed by atoms with E-state index in [4.69, 9.17) is 33.0 Å². The second kappa shape index (κ2) is 6.68. The molecule has 0 unspecified atom stereocenters. The number of hydrogen-bond donors (Lipinski definition) is 2.